The van der Waals surface area contributed by atoms with Crippen LogP contribution in [0, 0.1) is 5.92 Å². The molecule has 1 saturated carbocycles. The van der Waals surface area contributed by atoms with E-state index in [1.807, 2.05) is 18.2 Å². The third kappa shape index (κ3) is 3.38. The molecule has 1 aromatic carbocycles. The van der Waals surface area contributed by atoms with Crippen LogP contribution in [0.2, 0.25) is 10.0 Å². The van der Waals surface area contributed by atoms with Crippen molar-refractivity contribution in [3.63, 3.8) is 0 Å². The van der Waals surface area contributed by atoms with Gasteiger partial charge >= 0.3 is 0 Å². The number of nitrogens with zero attached hydrogens (tertiary/aromatic N) is 1. The van der Waals surface area contributed by atoms with Crippen molar-refractivity contribution in [2.24, 2.45) is 11.8 Å². The number of benzene rings is 1. The van der Waals surface area contributed by atoms with Crippen LogP contribution in [0.25, 0.3) is 0 Å². The zero-order valence-corrected chi connectivity index (χ0v) is 14.5. The molecule has 1 unspecified atom stereocenters. The Balaban J connectivity index is 2.38. The van der Waals surface area contributed by atoms with Crippen molar-refractivity contribution >= 4 is 23.2 Å². The molecule has 0 aliphatic heterocycles. The van der Waals surface area contributed by atoms with Crippen molar-refractivity contribution in [3.05, 3.63) is 33.8 Å². The van der Waals surface area contributed by atoms with Gasteiger partial charge in [0.15, 0.2) is 0 Å². The first kappa shape index (κ1) is 17.0. The molecule has 0 spiro atoms. The number of rotatable bonds is 4. The lowest BCUT2D eigenvalue weighted by atomic mass is 9.70. The van der Waals surface area contributed by atoms with Gasteiger partial charge in [0.1, 0.15) is 0 Å². The predicted molar refractivity (Wildman–Crippen MR) is 90.6 cm³/mol. The summed E-state index contributed by atoms with van der Waals surface area (Å²) >= 11 is 12.2. The fraction of sp³-hybridized carbons (Fsp3) is 0.625. The minimum absolute atomic E-state index is 0.0123. The van der Waals surface area contributed by atoms with Gasteiger partial charge in [-0.25, -0.2) is 0 Å². The Morgan fingerprint density at radius 3 is 2.33 bits per heavy atom. The Kier molecular flexibility index (Phi) is 5.55. The topological polar surface area (TPSA) is 41.3 Å². The van der Waals surface area contributed by atoms with Gasteiger partial charge < -0.3 is 4.90 Å². The van der Waals surface area contributed by atoms with Crippen LogP contribution in [0.15, 0.2) is 18.2 Å². The molecule has 0 amide bonds. The monoisotopic (exact) mass is 329 g/mol. The maximum absolute atomic E-state index is 6.19. The molecule has 0 radical (unpaired) electrons. The molecule has 0 saturated heterocycles. The molecular weight excluding hydrogens is 305 g/mol. The van der Waals surface area contributed by atoms with E-state index in [2.05, 4.69) is 31.3 Å². The molecule has 5 heteroatoms. The van der Waals surface area contributed by atoms with Gasteiger partial charge in [0, 0.05) is 5.54 Å². The quantitative estimate of drug-likeness (QED) is 0.647. The molecule has 2 rings (SSSR count). The molecule has 1 aliphatic carbocycles. The molecule has 0 aromatic heterocycles. The highest BCUT2D eigenvalue weighted by atomic mass is 35.5. The van der Waals surface area contributed by atoms with Gasteiger partial charge in [-0.3, -0.25) is 11.3 Å². The third-order valence-electron chi connectivity index (χ3n) is 5.01. The van der Waals surface area contributed by atoms with Crippen molar-refractivity contribution in [2.45, 2.75) is 44.2 Å². The standard InChI is InChI=1S/C16H25Cl2N3/c1-11-6-8-16(9-7-11,21(2)3)15(20-19)12-4-5-13(17)14(18)10-12/h4-5,10-11,15,20H,6-9,19H2,1-3H3. The van der Waals surface area contributed by atoms with E-state index in [4.69, 9.17) is 29.0 Å². The number of likely N-dealkylation sites (N-methyl/N-ethyl adjacent to an activating group) is 1. The van der Waals surface area contributed by atoms with Crippen LogP contribution in [-0.2, 0) is 0 Å². The van der Waals surface area contributed by atoms with Gasteiger partial charge in [-0.2, -0.15) is 0 Å². The minimum atomic E-state index is 0.0123. The maximum Gasteiger partial charge on any atom is 0.0644 e. The molecule has 21 heavy (non-hydrogen) atoms. The first-order valence-corrected chi connectivity index (χ1v) is 8.25. The summed E-state index contributed by atoms with van der Waals surface area (Å²) in [5.74, 6) is 6.71. The molecule has 3 N–H and O–H groups in total. The van der Waals surface area contributed by atoms with Gasteiger partial charge in [0.05, 0.1) is 16.1 Å². The number of nitrogens with one attached hydrogen (secondary N) is 1. The molecule has 0 heterocycles. The molecule has 0 bridgehead atoms. The first-order valence-electron chi connectivity index (χ1n) is 7.49. The Bertz CT molecular complexity index is 482. The van der Waals surface area contributed by atoms with Crippen LogP contribution < -0.4 is 11.3 Å². The highest BCUT2D eigenvalue weighted by molar-refractivity contribution is 6.42. The minimum Gasteiger partial charge on any atom is -0.302 e. The average Bonchev–Trinajstić information content (AvgIpc) is 2.45. The summed E-state index contributed by atoms with van der Waals surface area (Å²) in [6, 6.07) is 5.83. The zero-order chi connectivity index (χ0) is 15.6. The van der Waals surface area contributed by atoms with E-state index in [0.29, 0.717) is 10.0 Å². The summed E-state index contributed by atoms with van der Waals surface area (Å²) in [4.78, 5) is 2.31. The Labute approximate surface area is 137 Å². The summed E-state index contributed by atoms with van der Waals surface area (Å²) in [7, 11) is 4.27. The normalized spacial score (nSPS) is 27.9. The van der Waals surface area contributed by atoms with Gasteiger partial charge in [-0.1, -0.05) is 36.2 Å². The fourth-order valence-corrected chi connectivity index (χ4v) is 3.82. The number of hydrogen-bond donors (Lipinski definition) is 2. The second kappa shape index (κ2) is 6.84. The fourth-order valence-electron chi connectivity index (χ4n) is 3.51. The molecule has 1 aromatic rings. The molecule has 1 fully saturated rings. The van der Waals surface area contributed by atoms with E-state index in [1.54, 1.807) is 0 Å². The van der Waals surface area contributed by atoms with Gasteiger partial charge in [-0.05, 0) is 63.4 Å². The van der Waals surface area contributed by atoms with Gasteiger partial charge in [0.25, 0.3) is 0 Å². The summed E-state index contributed by atoms with van der Waals surface area (Å²) < 4.78 is 0. The molecular formula is C16H25Cl2N3. The van der Waals surface area contributed by atoms with E-state index < -0.39 is 0 Å². The number of hydrazine groups is 1. The smallest absolute Gasteiger partial charge is 0.0644 e. The molecule has 3 nitrogen and oxygen atoms in total. The van der Waals surface area contributed by atoms with Crippen molar-refractivity contribution in [1.29, 1.82) is 0 Å². The zero-order valence-electron chi connectivity index (χ0n) is 13.0. The summed E-state index contributed by atoms with van der Waals surface area (Å²) in [6.07, 6.45) is 4.68. The van der Waals surface area contributed by atoms with Crippen LogP contribution in [0.4, 0.5) is 0 Å². The molecule has 118 valence electrons. The number of nitrogens with two attached hydrogens (primary N) is 1. The highest BCUT2D eigenvalue weighted by Crippen LogP contribution is 2.44. The van der Waals surface area contributed by atoms with Crippen molar-refractivity contribution in [3.8, 4) is 0 Å². The highest BCUT2D eigenvalue weighted by Gasteiger charge is 2.43. The summed E-state index contributed by atoms with van der Waals surface area (Å²) in [6.45, 7) is 2.32. The summed E-state index contributed by atoms with van der Waals surface area (Å²) in [5, 5.41) is 1.15. The maximum atomic E-state index is 6.19. The van der Waals surface area contributed by atoms with Crippen LogP contribution in [0.3, 0.4) is 0 Å². The van der Waals surface area contributed by atoms with E-state index in [-0.39, 0.29) is 11.6 Å². The predicted octanol–water partition coefficient (Wildman–Crippen LogP) is 4.01. The Hall–Kier alpha value is -0.320. The Morgan fingerprint density at radius 1 is 1.24 bits per heavy atom. The molecule has 1 aliphatic rings. The van der Waals surface area contributed by atoms with E-state index in [1.165, 1.54) is 12.8 Å². The van der Waals surface area contributed by atoms with Crippen LogP contribution in [0.1, 0.15) is 44.2 Å². The third-order valence-corrected chi connectivity index (χ3v) is 5.75. The van der Waals surface area contributed by atoms with Crippen molar-refractivity contribution in [1.82, 2.24) is 10.3 Å². The van der Waals surface area contributed by atoms with Gasteiger partial charge in [0.2, 0.25) is 0 Å². The lowest BCUT2D eigenvalue weighted by Crippen LogP contribution is -2.56. The Morgan fingerprint density at radius 2 is 1.86 bits per heavy atom. The first-order chi connectivity index (χ1) is 9.90. The van der Waals surface area contributed by atoms with Crippen LogP contribution in [-0.4, -0.2) is 24.5 Å². The lowest BCUT2D eigenvalue weighted by Gasteiger charge is -2.49. The number of halogens is 2. The second-order valence-electron chi connectivity index (χ2n) is 6.45. The average molecular weight is 330 g/mol. The van der Waals surface area contributed by atoms with E-state index in [9.17, 15) is 0 Å². The second-order valence-corrected chi connectivity index (χ2v) is 7.27. The SMILES string of the molecule is CC1CCC(C(NN)c2ccc(Cl)c(Cl)c2)(N(C)C)CC1. The van der Waals surface area contributed by atoms with E-state index >= 15 is 0 Å². The lowest BCUT2D eigenvalue weighted by molar-refractivity contribution is 0.0428. The van der Waals surface area contributed by atoms with Crippen molar-refractivity contribution < 1.29 is 0 Å². The largest absolute Gasteiger partial charge is 0.302 e. The molecule has 1 atom stereocenters. The van der Waals surface area contributed by atoms with Gasteiger partial charge in [-0.15, -0.1) is 0 Å². The summed E-state index contributed by atoms with van der Waals surface area (Å²) in [5.41, 5.74) is 4.13. The van der Waals surface area contributed by atoms with E-state index in [0.717, 1.165) is 24.3 Å². The van der Waals surface area contributed by atoms with Crippen molar-refractivity contribution in [2.75, 3.05) is 14.1 Å². The number of hydrogen-bond acceptors (Lipinski definition) is 3. The van der Waals surface area contributed by atoms with Crippen LogP contribution >= 0.6 is 23.2 Å². The van der Waals surface area contributed by atoms with Crippen LogP contribution in [0.5, 0.6) is 0 Å².